The molecule has 2 atom stereocenters. The molecule has 0 N–H and O–H groups in total. The van der Waals surface area contributed by atoms with Crippen LogP contribution in [-0.2, 0) is 4.79 Å². The summed E-state index contributed by atoms with van der Waals surface area (Å²) in [6.45, 7) is 0. The third-order valence-corrected chi connectivity index (χ3v) is 2.50. The maximum Gasteiger partial charge on any atom is 0.235 e. The Hall–Kier alpha value is -1.60. The summed E-state index contributed by atoms with van der Waals surface area (Å²) in [6.07, 6.45) is 2.55. The normalized spacial score (nSPS) is 23.8. The van der Waals surface area contributed by atoms with Gasteiger partial charge in [0.2, 0.25) is 6.08 Å². The van der Waals surface area contributed by atoms with E-state index in [1.807, 2.05) is 24.3 Å². The van der Waals surface area contributed by atoms with E-state index in [1.54, 1.807) is 13.2 Å². The number of carbonyl (C=O) groups excluding carboxylic acids is 1. The van der Waals surface area contributed by atoms with Gasteiger partial charge in [0.1, 0.15) is 5.75 Å². The van der Waals surface area contributed by atoms with Gasteiger partial charge in [-0.05, 0) is 24.1 Å². The van der Waals surface area contributed by atoms with Gasteiger partial charge in [0.05, 0.1) is 13.2 Å². The van der Waals surface area contributed by atoms with Crippen molar-refractivity contribution < 1.29 is 9.53 Å². The van der Waals surface area contributed by atoms with E-state index < -0.39 is 0 Å². The summed E-state index contributed by atoms with van der Waals surface area (Å²) in [5.41, 5.74) is 1.19. The number of rotatable bonds is 3. The first kappa shape index (κ1) is 8.97. The fraction of sp³-hybridized carbons (Fsp3) is 0.364. The molecule has 2 unspecified atom stereocenters. The lowest BCUT2D eigenvalue weighted by Gasteiger charge is -2.02. The van der Waals surface area contributed by atoms with Crippen LogP contribution in [0.5, 0.6) is 5.75 Å². The number of aliphatic imine (C=N–C) groups is 1. The Labute approximate surface area is 82.4 Å². The summed E-state index contributed by atoms with van der Waals surface area (Å²) < 4.78 is 5.12. The molecule has 3 nitrogen and oxygen atoms in total. The molecule has 0 saturated heterocycles. The number of nitrogens with zero attached hydrogens (tertiary/aromatic N) is 1. The van der Waals surface area contributed by atoms with E-state index in [4.69, 9.17) is 4.74 Å². The number of hydrogen-bond donors (Lipinski definition) is 0. The van der Waals surface area contributed by atoms with Crippen LogP contribution in [0.2, 0.25) is 0 Å². The Bertz CT molecular complexity index is 383. The van der Waals surface area contributed by atoms with Crippen molar-refractivity contribution >= 4 is 6.08 Å². The van der Waals surface area contributed by atoms with Crippen molar-refractivity contribution in [3.05, 3.63) is 29.8 Å². The highest BCUT2D eigenvalue weighted by atomic mass is 16.5. The minimum Gasteiger partial charge on any atom is -0.497 e. The fourth-order valence-corrected chi connectivity index (χ4v) is 1.62. The van der Waals surface area contributed by atoms with Crippen LogP contribution in [0.3, 0.4) is 0 Å². The summed E-state index contributed by atoms with van der Waals surface area (Å²) >= 11 is 0. The first-order valence-corrected chi connectivity index (χ1v) is 4.56. The van der Waals surface area contributed by atoms with Crippen LogP contribution in [-0.4, -0.2) is 19.2 Å². The van der Waals surface area contributed by atoms with E-state index in [1.165, 1.54) is 5.56 Å². The molecule has 1 fully saturated rings. The second kappa shape index (κ2) is 3.64. The summed E-state index contributed by atoms with van der Waals surface area (Å²) in [5.74, 6) is 1.23. The van der Waals surface area contributed by atoms with Crippen molar-refractivity contribution in [1.82, 2.24) is 0 Å². The van der Waals surface area contributed by atoms with Crippen LogP contribution in [0, 0.1) is 0 Å². The van der Waals surface area contributed by atoms with Crippen molar-refractivity contribution in [3.63, 3.8) is 0 Å². The van der Waals surface area contributed by atoms with E-state index >= 15 is 0 Å². The van der Waals surface area contributed by atoms with E-state index in [0.29, 0.717) is 5.92 Å². The zero-order valence-corrected chi connectivity index (χ0v) is 7.93. The third-order valence-electron chi connectivity index (χ3n) is 2.50. The van der Waals surface area contributed by atoms with Gasteiger partial charge in [0, 0.05) is 5.92 Å². The standard InChI is InChI=1S/C11H11NO2/c1-14-9-4-2-3-8(5-9)10-6-11(10)12-7-13/h2-5,10-11H,6H2,1H3. The molecule has 1 aliphatic carbocycles. The first-order valence-electron chi connectivity index (χ1n) is 4.56. The minimum absolute atomic E-state index is 0.139. The van der Waals surface area contributed by atoms with Gasteiger partial charge >= 0.3 is 0 Å². The lowest BCUT2D eigenvalue weighted by atomic mass is 10.1. The topological polar surface area (TPSA) is 38.7 Å². The van der Waals surface area contributed by atoms with Gasteiger partial charge in [-0.3, -0.25) is 0 Å². The summed E-state index contributed by atoms with van der Waals surface area (Å²) in [5, 5.41) is 0. The predicted octanol–water partition coefficient (Wildman–Crippen LogP) is 1.89. The lowest BCUT2D eigenvalue weighted by Crippen LogP contribution is -1.87. The molecular formula is C11H11NO2. The van der Waals surface area contributed by atoms with Gasteiger partial charge in [-0.1, -0.05) is 12.1 Å². The number of isocyanates is 1. The van der Waals surface area contributed by atoms with Crippen LogP contribution in [0.15, 0.2) is 29.3 Å². The van der Waals surface area contributed by atoms with Crippen molar-refractivity contribution in [2.75, 3.05) is 7.11 Å². The van der Waals surface area contributed by atoms with Crippen molar-refractivity contribution in [2.45, 2.75) is 18.4 Å². The van der Waals surface area contributed by atoms with E-state index in [-0.39, 0.29) is 6.04 Å². The van der Waals surface area contributed by atoms with E-state index in [2.05, 4.69) is 4.99 Å². The van der Waals surface area contributed by atoms with Gasteiger partial charge in [-0.2, -0.15) is 0 Å². The largest absolute Gasteiger partial charge is 0.497 e. The molecule has 3 heteroatoms. The summed E-state index contributed by atoms with van der Waals surface area (Å²) in [7, 11) is 1.65. The van der Waals surface area contributed by atoms with Crippen LogP contribution < -0.4 is 4.74 Å². The predicted molar refractivity (Wildman–Crippen MR) is 52.3 cm³/mol. The average molecular weight is 189 g/mol. The monoisotopic (exact) mass is 189 g/mol. The van der Waals surface area contributed by atoms with Crippen LogP contribution in [0.1, 0.15) is 17.9 Å². The Morgan fingerprint density at radius 3 is 3.14 bits per heavy atom. The maximum absolute atomic E-state index is 10.0. The van der Waals surface area contributed by atoms with Crippen LogP contribution in [0.25, 0.3) is 0 Å². The molecule has 0 aromatic heterocycles. The number of ether oxygens (including phenoxy) is 1. The van der Waals surface area contributed by atoms with Crippen molar-refractivity contribution in [1.29, 1.82) is 0 Å². The molecule has 1 saturated carbocycles. The van der Waals surface area contributed by atoms with Gasteiger partial charge in [0.15, 0.2) is 0 Å². The van der Waals surface area contributed by atoms with E-state index in [0.717, 1.165) is 12.2 Å². The number of methoxy groups -OCH3 is 1. The molecule has 0 bridgehead atoms. The average Bonchev–Trinajstić information content (AvgIpc) is 2.98. The van der Waals surface area contributed by atoms with Gasteiger partial charge < -0.3 is 4.74 Å². The molecular weight excluding hydrogens is 178 g/mol. The third kappa shape index (κ3) is 1.68. The Morgan fingerprint density at radius 2 is 2.43 bits per heavy atom. The molecule has 0 amide bonds. The quantitative estimate of drug-likeness (QED) is 0.538. The molecule has 1 aliphatic rings. The molecule has 0 heterocycles. The molecule has 14 heavy (non-hydrogen) atoms. The summed E-state index contributed by atoms with van der Waals surface area (Å²) in [6, 6.07) is 8.02. The minimum atomic E-state index is 0.139. The summed E-state index contributed by atoms with van der Waals surface area (Å²) in [4.78, 5) is 13.7. The van der Waals surface area contributed by atoms with Crippen LogP contribution in [0.4, 0.5) is 0 Å². The first-order chi connectivity index (χ1) is 6.85. The van der Waals surface area contributed by atoms with Crippen LogP contribution >= 0.6 is 0 Å². The zero-order chi connectivity index (χ0) is 9.97. The highest BCUT2D eigenvalue weighted by Crippen LogP contribution is 2.43. The Kier molecular flexibility index (Phi) is 2.33. The molecule has 1 aromatic rings. The SMILES string of the molecule is COc1cccc(C2CC2N=C=O)c1. The van der Waals surface area contributed by atoms with Crippen molar-refractivity contribution in [3.8, 4) is 5.75 Å². The molecule has 0 radical (unpaired) electrons. The van der Waals surface area contributed by atoms with Gasteiger partial charge in [0.25, 0.3) is 0 Å². The molecule has 0 spiro atoms. The van der Waals surface area contributed by atoms with Crippen molar-refractivity contribution in [2.24, 2.45) is 4.99 Å². The molecule has 72 valence electrons. The zero-order valence-electron chi connectivity index (χ0n) is 7.93. The second-order valence-electron chi connectivity index (χ2n) is 3.41. The lowest BCUT2D eigenvalue weighted by molar-refractivity contribution is 0.414. The highest BCUT2D eigenvalue weighted by molar-refractivity contribution is 5.39. The fourth-order valence-electron chi connectivity index (χ4n) is 1.62. The van der Waals surface area contributed by atoms with E-state index in [9.17, 15) is 4.79 Å². The number of benzene rings is 1. The molecule has 0 aliphatic heterocycles. The molecule has 1 aromatic carbocycles. The van der Waals surface area contributed by atoms with Gasteiger partial charge in [-0.25, -0.2) is 9.79 Å². The Morgan fingerprint density at radius 1 is 1.57 bits per heavy atom. The second-order valence-corrected chi connectivity index (χ2v) is 3.41. The smallest absolute Gasteiger partial charge is 0.235 e. The maximum atomic E-state index is 10.0. The number of hydrogen-bond acceptors (Lipinski definition) is 3. The van der Waals surface area contributed by atoms with Gasteiger partial charge in [-0.15, -0.1) is 0 Å². The molecule has 2 rings (SSSR count). The Balaban J connectivity index is 2.14. The highest BCUT2D eigenvalue weighted by Gasteiger charge is 2.38.